The minimum absolute atomic E-state index is 0.208. The molecule has 2 aliphatic heterocycles. The number of aromatic nitrogens is 1. The summed E-state index contributed by atoms with van der Waals surface area (Å²) in [6.45, 7) is 8.54. The van der Waals surface area contributed by atoms with Crippen molar-refractivity contribution in [2.75, 3.05) is 44.3 Å². The molecule has 134 valence electrons. The van der Waals surface area contributed by atoms with Gasteiger partial charge in [0.05, 0.1) is 31.9 Å². The summed E-state index contributed by atoms with van der Waals surface area (Å²) in [4.78, 5) is 20.5. The van der Waals surface area contributed by atoms with Gasteiger partial charge in [-0.3, -0.25) is 4.79 Å². The maximum absolute atomic E-state index is 13.2. The molecular weight excluding hydrogens is 314 g/mol. The van der Waals surface area contributed by atoms with Gasteiger partial charge in [-0.1, -0.05) is 0 Å². The third kappa shape index (κ3) is 3.44. The molecule has 0 bridgehead atoms. The minimum atomic E-state index is 0.208. The number of ether oxygens (including phenoxy) is 1. The van der Waals surface area contributed by atoms with Gasteiger partial charge in [0.25, 0.3) is 0 Å². The lowest BCUT2D eigenvalue weighted by Gasteiger charge is -2.29. The molecular formula is C20H28N3O2+. The van der Waals surface area contributed by atoms with Crippen LogP contribution in [-0.2, 0) is 11.3 Å². The molecule has 0 amide bonds. The second-order valence-electron chi connectivity index (χ2n) is 7.37. The Balaban J connectivity index is 1.69. The van der Waals surface area contributed by atoms with Crippen LogP contribution in [0.1, 0.15) is 30.5 Å². The third-order valence-electron chi connectivity index (χ3n) is 5.66. The average molecular weight is 342 g/mol. The summed E-state index contributed by atoms with van der Waals surface area (Å²) in [5.74, 6) is 0. The maximum atomic E-state index is 13.2. The van der Waals surface area contributed by atoms with Crippen LogP contribution < -0.4 is 15.2 Å². The summed E-state index contributed by atoms with van der Waals surface area (Å²) in [5, 5.41) is 0.820. The summed E-state index contributed by atoms with van der Waals surface area (Å²) in [6, 6.07) is 6.22. The number of nitrogens with one attached hydrogen (secondary N) is 2. The van der Waals surface area contributed by atoms with E-state index in [1.807, 2.05) is 13.0 Å². The molecule has 5 heteroatoms. The van der Waals surface area contributed by atoms with Gasteiger partial charge >= 0.3 is 0 Å². The summed E-state index contributed by atoms with van der Waals surface area (Å²) in [6.07, 6.45) is 3.89. The topological polar surface area (TPSA) is 49.8 Å². The molecule has 2 fully saturated rings. The number of morpholine rings is 1. The van der Waals surface area contributed by atoms with Crippen molar-refractivity contribution in [1.82, 2.24) is 4.98 Å². The van der Waals surface area contributed by atoms with Gasteiger partial charge < -0.3 is 19.5 Å². The second kappa shape index (κ2) is 7.18. The van der Waals surface area contributed by atoms with Crippen molar-refractivity contribution in [2.24, 2.45) is 0 Å². The first-order valence-electron chi connectivity index (χ1n) is 9.54. The zero-order chi connectivity index (χ0) is 17.2. The van der Waals surface area contributed by atoms with E-state index in [9.17, 15) is 4.79 Å². The Bertz CT molecular complexity index is 802. The van der Waals surface area contributed by atoms with Crippen LogP contribution in [0, 0.1) is 6.92 Å². The van der Waals surface area contributed by atoms with Crippen LogP contribution >= 0.6 is 0 Å². The number of aromatic amines is 1. The SMILES string of the molecule is Cc1[nH]c2ccc(N3CCOCC3)cc2c(=O)c1C[NH+]1CCCCC1. The van der Waals surface area contributed by atoms with Crippen LogP contribution in [0.15, 0.2) is 23.0 Å². The fourth-order valence-electron chi connectivity index (χ4n) is 4.15. The molecule has 25 heavy (non-hydrogen) atoms. The molecule has 2 N–H and O–H groups in total. The summed E-state index contributed by atoms with van der Waals surface area (Å²) < 4.78 is 5.44. The highest BCUT2D eigenvalue weighted by Gasteiger charge is 2.19. The number of rotatable bonds is 3. The number of nitrogens with zero attached hydrogens (tertiary/aromatic N) is 1. The second-order valence-corrected chi connectivity index (χ2v) is 7.37. The zero-order valence-corrected chi connectivity index (χ0v) is 15.1. The van der Waals surface area contributed by atoms with Crippen LogP contribution in [0.3, 0.4) is 0 Å². The standard InChI is InChI=1S/C20H27N3O2/c1-15-18(14-22-7-3-2-4-8-22)20(24)17-13-16(5-6-19(17)21-15)23-9-11-25-12-10-23/h5-6,13H,2-4,7-12,14H2,1H3,(H,21,24)/p+1. The van der Waals surface area contributed by atoms with E-state index in [-0.39, 0.29) is 5.43 Å². The van der Waals surface area contributed by atoms with Crippen molar-refractivity contribution in [3.63, 3.8) is 0 Å². The molecule has 0 radical (unpaired) electrons. The van der Waals surface area contributed by atoms with E-state index in [2.05, 4.69) is 22.0 Å². The Morgan fingerprint density at radius 1 is 1.16 bits per heavy atom. The molecule has 0 spiro atoms. The molecule has 0 atom stereocenters. The highest BCUT2D eigenvalue weighted by molar-refractivity contribution is 5.83. The fourth-order valence-corrected chi connectivity index (χ4v) is 4.15. The number of likely N-dealkylation sites (tertiary alicyclic amines) is 1. The van der Waals surface area contributed by atoms with E-state index in [4.69, 9.17) is 4.74 Å². The van der Waals surface area contributed by atoms with Gasteiger partial charge in [-0.2, -0.15) is 0 Å². The molecule has 0 unspecified atom stereocenters. The number of H-pyrrole nitrogens is 1. The molecule has 2 aromatic rings. The molecule has 0 aliphatic carbocycles. The van der Waals surface area contributed by atoms with E-state index in [1.165, 1.54) is 32.4 Å². The number of benzene rings is 1. The first-order chi connectivity index (χ1) is 12.2. The normalized spacial score (nSPS) is 19.5. The maximum Gasteiger partial charge on any atom is 0.198 e. The van der Waals surface area contributed by atoms with Crippen molar-refractivity contribution in [3.8, 4) is 0 Å². The van der Waals surface area contributed by atoms with Gasteiger partial charge in [-0.25, -0.2) is 0 Å². The smallest absolute Gasteiger partial charge is 0.198 e. The number of hydrogen-bond acceptors (Lipinski definition) is 3. The lowest BCUT2D eigenvalue weighted by molar-refractivity contribution is -0.918. The van der Waals surface area contributed by atoms with Crippen LogP contribution in [0.4, 0.5) is 5.69 Å². The van der Waals surface area contributed by atoms with Crippen molar-refractivity contribution in [1.29, 1.82) is 0 Å². The number of anilines is 1. The minimum Gasteiger partial charge on any atom is -0.378 e. The Morgan fingerprint density at radius 3 is 2.68 bits per heavy atom. The molecule has 1 aromatic heterocycles. The lowest BCUT2D eigenvalue weighted by atomic mass is 10.1. The number of piperidine rings is 1. The average Bonchev–Trinajstić information content (AvgIpc) is 2.66. The fraction of sp³-hybridized carbons (Fsp3) is 0.550. The van der Waals surface area contributed by atoms with Gasteiger partial charge in [-0.05, 0) is 44.4 Å². The third-order valence-corrected chi connectivity index (χ3v) is 5.66. The van der Waals surface area contributed by atoms with Crippen LogP contribution in [0.25, 0.3) is 10.9 Å². The number of fused-ring (bicyclic) bond motifs is 1. The predicted octanol–water partition coefficient (Wildman–Crippen LogP) is 1.24. The van der Waals surface area contributed by atoms with E-state index >= 15 is 0 Å². The zero-order valence-electron chi connectivity index (χ0n) is 15.1. The Kier molecular flexibility index (Phi) is 4.77. The Morgan fingerprint density at radius 2 is 1.92 bits per heavy atom. The number of pyridine rings is 1. The highest BCUT2D eigenvalue weighted by atomic mass is 16.5. The molecule has 2 saturated heterocycles. The molecule has 5 nitrogen and oxygen atoms in total. The van der Waals surface area contributed by atoms with E-state index in [1.54, 1.807) is 4.90 Å². The lowest BCUT2D eigenvalue weighted by Crippen LogP contribution is -3.11. The van der Waals surface area contributed by atoms with Crippen molar-refractivity contribution < 1.29 is 9.64 Å². The molecule has 2 aliphatic rings. The van der Waals surface area contributed by atoms with E-state index in [0.717, 1.165) is 60.7 Å². The molecule has 4 rings (SSSR count). The van der Waals surface area contributed by atoms with Crippen LogP contribution in [0.5, 0.6) is 0 Å². The number of hydrogen-bond donors (Lipinski definition) is 2. The van der Waals surface area contributed by atoms with Crippen LogP contribution in [-0.4, -0.2) is 44.4 Å². The number of aryl methyl sites for hydroxylation is 1. The van der Waals surface area contributed by atoms with Gasteiger partial charge in [0, 0.05) is 35.4 Å². The van der Waals surface area contributed by atoms with Crippen molar-refractivity contribution >= 4 is 16.6 Å². The van der Waals surface area contributed by atoms with Crippen molar-refractivity contribution in [3.05, 3.63) is 39.7 Å². The van der Waals surface area contributed by atoms with Gasteiger partial charge in [0.15, 0.2) is 5.43 Å². The summed E-state index contributed by atoms with van der Waals surface area (Å²) in [5.41, 5.74) is 4.26. The van der Waals surface area contributed by atoms with E-state index in [0.29, 0.717) is 0 Å². The van der Waals surface area contributed by atoms with Crippen LogP contribution in [0.2, 0.25) is 0 Å². The van der Waals surface area contributed by atoms with Gasteiger partial charge in [-0.15, -0.1) is 0 Å². The Labute approximate surface area is 148 Å². The van der Waals surface area contributed by atoms with Crippen molar-refractivity contribution in [2.45, 2.75) is 32.7 Å². The highest BCUT2D eigenvalue weighted by Crippen LogP contribution is 2.21. The summed E-state index contributed by atoms with van der Waals surface area (Å²) >= 11 is 0. The monoisotopic (exact) mass is 342 g/mol. The number of quaternary nitrogens is 1. The summed E-state index contributed by atoms with van der Waals surface area (Å²) in [7, 11) is 0. The predicted molar refractivity (Wildman–Crippen MR) is 101 cm³/mol. The largest absolute Gasteiger partial charge is 0.378 e. The Hall–Kier alpha value is -1.85. The first kappa shape index (κ1) is 16.6. The molecule has 1 aromatic carbocycles. The molecule has 0 saturated carbocycles. The molecule has 3 heterocycles. The van der Waals surface area contributed by atoms with Gasteiger partial charge in [0.1, 0.15) is 6.54 Å². The van der Waals surface area contributed by atoms with Gasteiger partial charge in [0.2, 0.25) is 0 Å². The van der Waals surface area contributed by atoms with E-state index < -0.39 is 0 Å². The first-order valence-corrected chi connectivity index (χ1v) is 9.54. The quantitative estimate of drug-likeness (QED) is 0.882.